The van der Waals surface area contributed by atoms with Crippen LogP contribution in [0.25, 0.3) is 0 Å². The minimum Gasteiger partial charge on any atom is -0.469 e. The van der Waals surface area contributed by atoms with Gasteiger partial charge in [-0.25, -0.2) is 0 Å². The highest BCUT2D eigenvalue weighted by Crippen LogP contribution is 2.12. The van der Waals surface area contributed by atoms with Gasteiger partial charge in [0.25, 0.3) is 0 Å². The fourth-order valence-electron chi connectivity index (χ4n) is 1.17. The van der Waals surface area contributed by atoms with E-state index in [1.165, 1.54) is 6.92 Å². The van der Waals surface area contributed by atoms with Gasteiger partial charge in [-0.05, 0) is 19.1 Å². The lowest BCUT2D eigenvalue weighted by Crippen LogP contribution is -2.41. The molecule has 4 heteroatoms. The van der Waals surface area contributed by atoms with E-state index in [1.807, 2.05) is 0 Å². The standard InChI is InChI=1S/C10H15NO3/c1-8(12)11-7-10(2,13)6-9-4-3-5-14-9/h3-5,13H,6-7H2,1-2H3,(H,11,12). The highest BCUT2D eigenvalue weighted by molar-refractivity contribution is 5.72. The van der Waals surface area contributed by atoms with Crippen molar-refractivity contribution in [1.29, 1.82) is 0 Å². The predicted molar refractivity (Wildman–Crippen MR) is 51.7 cm³/mol. The van der Waals surface area contributed by atoms with Crippen molar-refractivity contribution in [3.63, 3.8) is 0 Å². The summed E-state index contributed by atoms with van der Waals surface area (Å²) in [6.45, 7) is 3.30. The zero-order valence-corrected chi connectivity index (χ0v) is 8.41. The van der Waals surface area contributed by atoms with Gasteiger partial charge >= 0.3 is 0 Å². The van der Waals surface area contributed by atoms with Crippen molar-refractivity contribution in [1.82, 2.24) is 5.32 Å². The van der Waals surface area contributed by atoms with E-state index in [0.717, 1.165) is 0 Å². The molecule has 1 atom stereocenters. The van der Waals surface area contributed by atoms with Crippen LogP contribution in [0.2, 0.25) is 0 Å². The first kappa shape index (κ1) is 10.8. The molecule has 0 saturated carbocycles. The van der Waals surface area contributed by atoms with Gasteiger partial charge in [-0.3, -0.25) is 4.79 Å². The highest BCUT2D eigenvalue weighted by atomic mass is 16.3. The summed E-state index contributed by atoms with van der Waals surface area (Å²) >= 11 is 0. The molecule has 0 aliphatic carbocycles. The smallest absolute Gasteiger partial charge is 0.216 e. The van der Waals surface area contributed by atoms with Gasteiger partial charge in [0.2, 0.25) is 5.91 Å². The van der Waals surface area contributed by atoms with E-state index < -0.39 is 5.60 Å². The Labute approximate surface area is 82.9 Å². The molecule has 1 amide bonds. The summed E-state index contributed by atoms with van der Waals surface area (Å²) in [7, 11) is 0. The van der Waals surface area contributed by atoms with E-state index in [4.69, 9.17) is 4.42 Å². The second-order valence-electron chi connectivity index (χ2n) is 3.66. The average Bonchev–Trinajstić information content (AvgIpc) is 2.53. The molecule has 0 aromatic carbocycles. The first-order valence-electron chi connectivity index (χ1n) is 4.49. The third-order valence-electron chi connectivity index (χ3n) is 1.85. The molecule has 0 bridgehead atoms. The number of nitrogens with one attached hydrogen (secondary N) is 1. The lowest BCUT2D eigenvalue weighted by Gasteiger charge is -2.21. The number of furan rings is 1. The van der Waals surface area contributed by atoms with E-state index in [2.05, 4.69) is 5.32 Å². The van der Waals surface area contributed by atoms with E-state index >= 15 is 0 Å². The van der Waals surface area contributed by atoms with Crippen LogP contribution >= 0.6 is 0 Å². The van der Waals surface area contributed by atoms with Crippen LogP contribution in [-0.4, -0.2) is 23.2 Å². The second-order valence-corrected chi connectivity index (χ2v) is 3.66. The fraction of sp³-hybridized carbons (Fsp3) is 0.500. The zero-order chi connectivity index (χ0) is 10.6. The van der Waals surface area contributed by atoms with E-state index in [-0.39, 0.29) is 12.5 Å². The lowest BCUT2D eigenvalue weighted by atomic mass is 10.0. The number of hydrogen-bond acceptors (Lipinski definition) is 3. The number of carbonyl (C=O) groups is 1. The SMILES string of the molecule is CC(=O)NCC(C)(O)Cc1ccco1. The Morgan fingerprint density at radius 2 is 2.43 bits per heavy atom. The molecule has 1 unspecified atom stereocenters. The van der Waals surface area contributed by atoms with Crippen molar-refractivity contribution >= 4 is 5.91 Å². The third kappa shape index (κ3) is 3.62. The van der Waals surface area contributed by atoms with Gasteiger partial charge in [0, 0.05) is 19.9 Å². The van der Waals surface area contributed by atoms with Crippen LogP contribution in [0.4, 0.5) is 0 Å². The molecule has 4 nitrogen and oxygen atoms in total. The molecule has 0 aliphatic rings. The topological polar surface area (TPSA) is 62.5 Å². The second kappa shape index (κ2) is 4.28. The number of hydrogen-bond donors (Lipinski definition) is 2. The summed E-state index contributed by atoms with van der Waals surface area (Å²) in [5, 5.41) is 12.4. The molecule has 2 N–H and O–H groups in total. The lowest BCUT2D eigenvalue weighted by molar-refractivity contribution is -0.120. The highest BCUT2D eigenvalue weighted by Gasteiger charge is 2.22. The quantitative estimate of drug-likeness (QED) is 0.747. The molecule has 1 aromatic rings. The molecule has 78 valence electrons. The molecule has 0 radical (unpaired) electrons. The van der Waals surface area contributed by atoms with E-state index in [1.54, 1.807) is 25.3 Å². The summed E-state index contributed by atoms with van der Waals surface area (Å²) in [4.78, 5) is 10.6. The third-order valence-corrected chi connectivity index (χ3v) is 1.85. The predicted octanol–water partition coefficient (Wildman–Crippen LogP) is 0.709. The molecule has 0 spiro atoms. The molecule has 1 aromatic heterocycles. The molecular formula is C10H15NO3. The van der Waals surface area contributed by atoms with Gasteiger partial charge < -0.3 is 14.8 Å². The van der Waals surface area contributed by atoms with Crippen molar-refractivity contribution in [3.8, 4) is 0 Å². The average molecular weight is 197 g/mol. The summed E-state index contributed by atoms with van der Waals surface area (Å²) in [6, 6.07) is 3.56. The van der Waals surface area contributed by atoms with Crippen LogP contribution in [0.5, 0.6) is 0 Å². The Kier molecular flexibility index (Phi) is 3.30. The van der Waals surface area contributed by atoms with Crippen LogP contribution in [0.15, 0.2) is 22.8 Å². The number of amides is 1. The van der Waals surface area contributed by atoms with Gasteiger partial charge in [0.1, 0.15) is 5.76 Å². The van der Waals surface area contributed by atoms with Crippen LogP contribution in [-0.2, 0) is 11.2 Å². The Morgan fingerprint density at radius 3 is 2.93 bits per heavy atom. The van der Waals surface area contributed by atoms with Gasteiger partial charge in [-0.15, -0.1) is 0 Å². The van der Waals surface area contributed by atoms with Crippen molar-refractivity contribution < 1.29 is 14.3 Å². The Hall–Kier alpha value is -1.29. The Bertz CT molecular complexity index is 290. The van der Waals surface area contributed by atoms with Crippen molar-refractivity contribution in [2.75, 3.05) is 6.54 Å². The normalized spacial score (nSPS) is 14.8. The molecular weight excluding hydrogens is 182 g/mol. The van der Waals surface area contributed by atoms with Crippen molar-refractivity contribution in [3.05, 3.63) is 24.2 Å². The molecule has 14 heavy (non-hydrogen) atoms. The summed E-state index contributed by atoms with van der Waals surface area (Å²) in [6.07, 6.45) is 1.95. The van der Waals surface area contributed by atoms with Gasteiger partial charge in [-0.2, -0.15) is 0 Å². The first-order chi connectivity index (χ1) is 6.49. The van der Waals surface area contributed by atoms with Gasteiger partial charge in [0.05, 0.1) is 11.9 Å². The zero-order valence-electron chi connectivity index (χ0n) is 8.41. The maximum atomic E-state index is 10.6. The Morgan fingerprint density at radius 1 is 1.71 bits per heavy atom. The van der Waals surface area contributed by atoms with Crippen molar-refractivity contribution in [2.45, 2.75) is 25.9 Å². The minimum atomic E-state index is -0.969. The van der Waals surface area contributed by atoms with Crippen LogP contribution in [0, 0.1) is 0 Å². The summed E-state index contributed by atoms with van der Waals surface area (Å²) < 4.78 is 5.10. The van der Waals surface area contributed by atoms with E-state index in [9.17, 15) is 9.90 Å². The molecule has 0 saturated heterocycles. The molecule has 0 aliphatic heterocycles. The summed E-state index contributed by atoms with van der Waals surface area (Å²) in [5.41, 5.74) is -0.969. The van der Waals surface area contributed by atoms with Crippen LogP contribution < -0.4 is 5.32 Å². The van der Waals surface area contributed by atoms with E-state index in [0.29, 0.717) is 12.2 Å². The monoisotopic (exact) mass is 197 g/mol. The Balaban J connectivity index is 2.45. The fourth-order valence-corrected chi connectivity index (χ4v) is 1.17. The number of carbonyl (C=O) groups excluding carboxylic acids is 1. The number of rotatable bonds is 4. The first-order valence-corrected chi connectivity index (χ1v) is 4.49. The molecule has 0 fully saturated rings. The van der Waals surface area contributed by atoms with Crippen LogP contribution in [0.3, 0.4) is 0 Å². The maximum Gasteiger partial charge on any atom is 0.216 e. The molecule has 1 rings (SSSR count). The summed E-state index contributed by atoms with van der Waals surface area (Å²) in [5.74, 6) is 0.560. The molecule has 1 heterocycles. The largest absolute Gasteiger partial charge is 0.469 e. The van der Waals surface area contributed by atoms with Crippen molar-refractivity contribution in [2.24, 2.45) is 0 Å². The van der Waals surface area contributed by atoms with Crippen LogP contribution in [0.1, 0.15) is 19.6 Å². The maximum absolute atomic E-state index is 10.6. The van der Waals surface area contributed by atoms with Gasteiger partial charge in [0.15, 0.2) is 0 Å². The van der Waals surface area contributed by atoms with Gasteiger partial charge in [-0.1, -0.05) is 0 Å². The number of aliphatic hydroxyl groups is 1. The minimum absolute atomic E-state index is 0.148.